The van der Waals surface area contributed by atoms with Crippen molar-refractivity contribution in [1.82, 2.24) is 16.0 Å². The van der Waals surface area contributed by atoms with Gasteiger partial charge in [0.1, 0.15) is 0 Å². The Morgan fingerprint density at radius 1 is 0.889 bits per heavy atom. The van der Waals surface area contributed by atoms with Crippen LogP contribution in [0.15, 0.2) is 0 Å². The Labute approximate surface area is 103 Å². The number of hydrogen-bond donors (Lipinski definition) is 4. The van der Waals surface area contributed by atoms with Gasteiger partial charge in [-0.25, -0.2) is 0 Å². The second kappa shape index (κ2) is 8.93. The van der Waals surface area contributed by atoms with Gasteiger partial charge in [-0.05, 0) is 0 Å². The van der Waals surface area contributed by atoms with E-state index in [1.165, 1.54) is 0 Å². The van der Waals surface area contributed by atoms with Crippen LogP contribution in [0.1, 0.15) is 6.42 Å². The van der Waals surface area contributed by atoms with E-state index in [2.05, 4.69) is 16.4 Å². The average molecular weight is 260 g/mol. The minimum absolute atomic E-state index is 0.0273. The Hall–Kier alpha value is -2.16. The van der Waals surface area contributed by atoms with Gasteiger partial charge in [-0.2, -0.15) is 0 Å². The number of carboxylic acid groups (broad SMARTS) is 1. The summed E-state index contributed by atoms with van der Waals surface area (Å²) in [5.74, 6) is -2.74. The second-order valence-corrected chi connectivity index (χ2v) is 3.28. The van der Waals surface area contributed by atoms with Crippen molar-refractivity contribution >= 4 is 23.7 Å². The Bertz CT molecular complexity index is 331. The molecule has 9 nitrogen and oxygen atoms in total. The van der Waals surface area contributed by atoms with Gasteiger partial charge in [-0.15, -0.1) is 0 Å². The van der Waals surface area contributed by atoms with Crippen LogP contribution >= 0.6 is 0 Å². The highest BCUT2D eigenvalue weighted by molar-refractivity contribution is 5.86. The summed E-state index contributed by atoms with van der Waals surface area (Å²) in [7, 11) is 0. The number of carbonyl (C=O) groups is 4. The van der Waals surface area contributed by atoms with Gasteiger partial charge in [-0.1, -0.05) is 0 Å². The summed E-state index contributed by atoms with van der Waals surface area (Å²) in [4.78, 5) is 42.9. The van der Waals surface area contributed by atoms with Crippen LogP contribution in [0.25, 0.3) is 0 Å². The molecule has 0 spiro atoms. The molecule has 102 valence electrons. The molecule has 0 aromatic carbocycles. The van der Waals surface area contributed by atoms with Gasteiger partial charge in [0.05, 0.1) is 19.1 Å². The molecule has 0 radical (unpaired) electrons. The van der Waals surface area contributed by atoms with Gasteiger partial charge in [0.15, 0.2) is 6.54 Å². The summed E-state index contributed by atoms with van der Waals surface area (Å²) in [5.41, 5.74) is 3.36. The lowest BCUT2D eigenvalue weighted by Crippen LogP contribution is -2.57. The predicted octanol–water partition coefficient (Wildman–Crippen LogP) is -5.28. The van der Waals surface area contributed by atoms with E-state index in [-0.39, 0.29) is 32.0 Å². The van der Waals surface area contributed by atoms with Crippen molar-refractivity contribution in [3.63, 3.8) is 0 Å². The number of carbonyl (C=O) groups excluding carboxylic acids is 4. The number of quaternary nitrogens is 1. The maximum absolute atomic E-state index is 11.2. The third-order valence-corrected chi connectivity index (χ3v) is 1.78. The lowest BCUT2D eigenvalue weighted by molar-refractivity contribution is -0.355. The van der Waals surface area contributed by atoms with Crippen molar-refractivity contribution in [2.45, 2.75) is 6.42 Å². The first-order chi connectivity index (χ1) is 8.45. The Morgan fingerprint density at radius 3 is 2.06 bits per heavy atom. The number of aliphatic carboxylic acids is 1. The lowest BCUT2D eigenvalue weighted by atomic mass is 10.4. The molecule has 0 heterocycles. The molecule has 3 amide bonds. The molecule has 0 aliphatic carbocycles. The third kappa shape index (κ3) is 9.09. The van der Waals surface area contributed by atoms with Crippen LogP contribution in [0.2, 0.25) is 0 Å². The number of hydrogen-bond acceptors (Lipinski definition) is 5. The molecule has 0 aromatic heterocycles. The number of rotatable bonds is 8. The highest BCUT2D eigenvalue weighted by Gasteiger charge is 2.06. The maximum atomic E-state index is 11.2. The normalized spacial score (nSPS) is 9.39. The highest BCUT2D eigenvalue weighted by atomic mass is 16.4. The van der Waals surface area contributed by atoms with Crippen LogP contribution in [0.5, 0.6) is 0 Å². The van der Waals surface area contributed by atoms with Gasteiger partial charge in [0, 0.05) is 13.0 Å². The minimum atomic E-state index is -1.41. The first kappa shape index (κ1) is 15.8. The van der Waals surface area contributed by atoms with Gasteiger partial charge >= 0.3 is 0 Å². The van der Waals surface area contributed by atoms with E-state index in [1.807, 2.05) is 5.32 Å². The Kier molecular flexibility index (Phi) is 7.86. The summed E-state index contributed by atoms with van der Waals surface area (Å²) in [5, 5.41) is 16.8. The van der Waals surface area contributed by atoms with E-state index in [9.17, 15) is 24.3 Å². The highest BCUT2D eigenvalue weighted by Crippen LogP contribution is 1.77. The zero-order chi connectivity index (χ0) is 14.0. The van der Waals surface area contributed by atoms with E-state index in [4.69, 9.17) is 0 Å². The zero-order valence-corrected chi connectivity index (χ0v) is 9.78. The van der Waals surface area contributed by atoms with Crippen LogP contribution in [0, 0.1) is 0 Å². The molecule has 0 aliphatic rings. The molecule has 0 fully saturated rings. The topological polar surface area (TPSA) is 155 Å². The summed E-state index contributed by atoms with van der Waals surface area (Å²) in [6.07, 6.45) is 0.0273. The smallest absolute Gasteiger partial charge is 0.275 e. The summed E-state index contributed by atoms with van der Waals surface area (Å²) in [6.45, 7) is -0.683. The van der Waals surface area contributed by atoms with Crippen molar-refractivity contribution < 1.29 is 30.0 Å². The summed E-state index contributed by atoms with van der Waals surface area (Å²) >= 11 is 0. The van der Waals surface area contributed by atoms with Crippen LogP contribution in [0.4, 0.5) is 0 Å². The lowest BCUT2D eigenvalue weighted by Gasteiger charge is -2.07. The van der Waals surface area contributed by atoms with E-state index >= 15 is 0 Å². The molecule has 0 saturated carbocycles. The van der Waals surface area contributed by atoms with Gasteiger partial charge in [0.2, 0.25) is 11.8 Å². The monoisotopic (exact) mass is 260 g/mol. The minimum Gasteiger partial charge on any atom is -0.548 e. The van der Waals surface area contributed by atoms with Gasteiger partial charge in [-0.3, -0.25) is 14.4 Å². The fourth-order valence-corrected chi connectivity index (χ4v) is 0.904. The maximum Gasteiger partial charge on any atom is 0.275 e. The number of amides is 3. The third-order valence-electron chi connectivity index (χ3n) is 1.78. The molecule has 0 unspecified atom stereocenters. The quantitative estimate of drug-likeness (QED) is 0.343. The number of carboxylic acids is 1. The molecule has 0 aliphatic heterocycles. The average Bonchev–Trinajstić information content (AvgIpc) is 2.33. The van der Waals surface area contributed by atoms with E-state index in [1.54, 1.807) is 0 Å². The van der Waals surface area contributed by atoms with Crippen LogP contribution in [-0.4, -0.2) is 49.9 Å². The SMILES string of the molecule is [NH3+]CC(=O)NCCC(=O)NCC(=O)NCC(=O)[O-]. The Balaban J connectivity index is 3.61. The summed E-state index contributed by atoms with van der Waals surface area (Å²) < 4.78 is 0. The molecule has 0 rings (SSSR count). The second-order valence-electron chi connectivity index (χ2n) is 3.28. The van der Waals surface area contributed by atoms with E-state index in [0.29, 0.717) is 0 Å². The first-order valence-electron chi connectivity index (χ1n) is 5.25. The molecule has 0 saturated heterocycles. The molecular weight excluding hydrogens is 244 g/mol. The molecule has 9 heteroatoms. The van der Waals surface area contributed by atoms with Crippen LogP contribution in [-0.2, 0) is 19.2 Å². The van der Waals surface area contributed by atoms with E-state index in [0.717, 1.165) is 0 Å². The van der Waals surface area contributed by atoms with Crippen LogP contribution < -0.4 is 26.8 Å². The van der Waals surface area contributed by atoms with Crippen molar-refractivity contribution in [3.8, 4) is 0 Å². The first-order valence-corrected chi connectivity index (χ1v) is 5.25. The van der Waals surface area contributed by atoms with Gasteiger partial charge in [0.25, 0.3) is 5.91 Å². The molecular formula is C9H16N4O5. The summed E-state index contributed by atoms with van der Waals surface area (Å²) in [6, 6.07) is 0. The Morgan fingerprint density at radius 2 is 1.50 bits per heavy atom. The largest absolute Gasteiger partial charge is 0.548 e. The van der Waals surface area contributed by atoms with Gasteiger partial charge < -0.3 is 31.6 Å². The fraction of sp³-hybridized carbons (Fsp3) is 0.556. The van der Waals surface area contributed by atoms with Crippen LogP contribution in [0.3, 0.4) is 0 Å². The molecule has 0 atom stereocenters. The van der Waals surface area contributed by atoms with Crippen molar-refractivity contribution in [2.24, 2.45) is 0 Å². The predicted molar refractivity (Wildman–Crippen MR) is 56.4 cm³/mol. The molecule has 0 aromatic rings. The standard InChI is InChI=1S/C9H16N4O5/c10-3-7(15)11-2-1-6(14)12-4-8(16)13-5-9(17)18/h1-5,10H2,(H,11,15)(H,12,14)(H,13,16)(H,17,18). The van der Waals surface area contributed by atoms with E-state index < -0.39 is 24.3 Å². The number of nitrogens with one attached hydrogen (secondary N) is 3. The molecule has 18 heavy (non-hydrogen) atoms. The van der Waals surface area contributed by atoms with Crippen molar-refractivity contribution in [2.75, 3.05) is 26.2 Å². The fourth-order valence-electron chi connectivity index (χ4n) is 0.904. The van der Waals surface area contributed by atoms with Crippen molar-refractivity contribution in [3.05, 3.63) is 0 Å². The zero-order valence-electron chi connectivity index (χ0n) is 9.78. The van der Waals surface area contributed by atoms with Crippen molar-refractivity contribution in [1.29, 1.82) is 0 Å². The molecule has 0 bridgehead atoms. The molecule has 6 N–H and O–H groups in total.